The van der Waals surface area contributed by atoms with Crippen LogP contribution in [0.15, 0.2) is 82.4 Å². The molecule has 4 aromatic rings. The normalized spacial score (nSPS) is 12.0. The van der Waals surface area contributed by atoms with Gasteiger partial charge in [0.15, 0.2) is 0 Å². The van der Waals surface area contributed by atoms with E-state index in [0.29, 0.717) is 26.3 Å². The molecule has 0 saturated heterocycles. The number of nitrogens with zero attached hydrogens (tertiary/aromatic N) is 3. The van der Waals surface area contributed by atoms with Crippen LogP contribution in [-0.2, 0) is 13.0 Å². The highest BCUT2D eigenvalue weighted by molar-refractivity contribution is 6.36. The van der Waals surface area contributed by atoms with Crippen molar-refractivity contribution in [2.45, 2.75) is 19.0 Å². The lowest BCUT2D eigenvalue weighted by atomic mass is 10.1. The number of hydrogen-bond donors (Lipinski definition) is 1. The Kier molecular flexibility index (Phi) is 7.00. The van der Waals surface area contributed by atoms with Gasteiger partial charge < -0.3 is 5.73 Å². The lowest BCUT2D eigenvalue weighted by Crippen LogP contribution is -2.44. The minimum Gasteiger partial charge on any atom is -0.322 e. The van der Waals surface area contributed by atoms with E-state index < -0.39 is 17.3 Å². The summed E-state index contributed by atoms with van der Waals surface area (Å²) in [7, 11) is 0. The van der Waals surface area contributed by atoms with Crippen molar-refractivity contribution >= 4 is 34.8 Å². The van der Waals surface area contributed by atoms with Gasteiger partial charge in [0.2, 0.25) is 0 Å². The Morgan fingerprint density at radius 3 is 2.09 bits per heavy atom. The van der Waals surface area contributed by atoms with Gasteiger partial charge in [-0.1, -0.05) is 83.3 Å². The molecule has 9 heteroatoms. The zero-order chi connectivity index (χ0) is 23.5. The van der Waals surface area contributed by atoms with Gasteiger partial charge >= 0.3 is 5.69 Å². The molecule has 0 saturated carbocycles. The average Bonchev–Trinajstić information content (AvgIpc) is 2.81. The van der Waals surface area contributed by atoms with Crippen LogP contribution in [0, 0.1) is 0 Å². The largest absolute Gasteiger partial charge is 0.352 e. The summed E-state index contributed by atoms with van der Waals surface area (Å²) >= 11 is 19.0. The number of aromatic nitrogens is 3. The predicted molar refractivity (Wildman–Crippen MR) is 132 cm³/mol. The zero-order valence-electron chi connectivity index (χ0n) is 17.3. The highest BCUT2D eigenvalue weighted by Gasteiger charge is 2.20. The monoisotopic (exact) mass is 500 g/mol. The second-order valence-corrected chi connectivity index (χ2v) is 8.62. The molecule has 1 unspecified atom stereocenters. The van der Waals surface area contributed by atoms with Crippen LogP contribution in [0.2, 0.25) is 15.1 Å². The maximum absolute atomic E-state index is 13.4. The van der Waals surface area contributed by atoms with E-state index in [1.165, 1.54) is 0 Å². The topological polar surface area (TPSA) is 82.9 Å². The molecule has 0 amide bonds. The predicted octanol–water partition coefficient (Wildman–Crippen LogP) is 4.65. The van der Waals surface area contributed by atoms with Crippen LogP contribution in [-0.4, -0.2) is 14.3 Å². The minimum absolute atomic E-state index is 0.0304. The summed E-state index contributed by atoms with van der Waals surface area (Å²) in [6.07, 6.45) is 0.0304. The van der Waals surface area contributed by atoms with Gasteiger partial charge in [-0.15, -0.1) is 0 Å². The quantitative estimate of drug-likeness (QED) is 0.417. The van der Waals surface area contributed by atoms with Gasteiger partial charge in [0.1, 0.15) is 5.69 Å². The van der Waals surface area contributed by atoms with Crippen molar-refractivity contribution < 1.29 is 0 Å². The number of halogens is 3. The van der Waals surface area contributed by atoms with Crippen molar-refractivity contribution in [1.82, 2.24) is 14.3 Å². The van der Waals surface area contributed by atoms with Crippen LogP contribution in [0.3, 0.4) is 0 Å². The van der Waals surface area contributed by atoms with Gasteiger partial charge in [-0.2, -0.15) is 9.78 Å². The molecule has 0 bridgehead atoms. The average molecular weight is 502 g/mol. The molecule has 0 fully saturated rings. The van der Waals surface area contributed by atoms with Gasteiger partial charge in [0.25, 0.3) is 5.56 Å². The standard InChI is InChI=1S/C24H19Cl3N4O2/c25-17-10-6-11-18(26)16(17)13-21-23(32)30(14-20(28)15-7-2-1-3-8-15)24(33)31(29-21)22-12-5-4-9-19(22)27/h1-12,20H,13-14,28H2. The van der Waals surface area contributed by atoms with E-state index in [4.69, 9.17) is 40.5 Å². The van der Waals surface area contributed by atoms with E-state index in [-0.39, 0.29) is 18.7 Å². The van der Waals surface area contributed by atoms with Gasteiger partial charge in [-0.3, -0.25) is 9.36 Å². The Balaban J connectivity index is 1.89. The Hall–Kier alpha value is -2.90. The molecule has 168 valence electrons. The molecule has 1 heterocycles. The molecular formula is C24H19Cl3N4O2. The Morgan fingerprint density at radius 2 is 1.42 bits per heavy atom. The minimum atomic E-state index is -0.645. The number of para-hydroxylation sites is 1. The summed E-state index contributed by atoms with van der Waals surface area (Å²) in [5.41, 5.74) is 6.89. The van der Waals surface area contributed by atoms with Crippen molar-refractivity contribution in [3.63, 3.8) is 0 Å². The molecule has 0 radical (unpaired) electrons. The van der Waals surface area contributed by atoms with E-state index in [1.54, 1.807) is 42.5 Å². The molecule has 1 atom stereocenters. The number of rotatable bonds is 6. The third-order valence-electron chi connectivity index (χ3n) is 5.22. The number of nitrogens with two attached hydrogens (primary N) is 1. The molecular weight excluding hydrogens is 483 g/mol. The van der Waals surface area contributed by atoms with E-state index in [9.17, 15) is 9.59 Å². The maximum atomic E-state index is 13.4. The highest BCUT2D eigenvalue weighted by Crippen LogP contribution is 2.26. The van der Waals surface area contributed by atoms with E-state index in [0.717, 1.165) is 14.8 Å². The van der Waals surface area contributed by atoms with Gasteiger partial charge in [0, 0.05) is 22.5 Å². The highest BCUT2D eigenvalue weighted by atomic mass is 35.5. The fourth-order valence-corrected chi connectivity index (χ4v) is 4.23. The molecule has 0 aliphatic carbocycles. The van der Waals surface area contributed by atoms with Crippen LogP contribution in [0.4, 0.5) is 0 Å². The molecule has 4 rings (SSSR count). The third kappa shape index (κ3) is 4.89. The van der Waals surface area contributed by atoms with Gasteiger partial charge in [-0.05, 0) is 35.4 Å². The van der Waals surface area contributed by atoms with Crippen LogP contribution in [0.1, 0.15) is 22.9 Å². The van der Waals surface area contributed by atoms with Crippen LogP contribution in [0.25, 0.3) is 5.69 Å². The van der Waals surface area contributed by atoms with Crippen molar-refractivity contribution in [3.05, 3.63) is 126 Å². The molecule has 2 N–H and O–H groups in total. The third-order valence-corrected chi connectivity index (χ3v) is 6.25. The Bertz CT molecular complexity index is 1400. The van der Waals surface area contributed by atoms with Crippen LogP contribution >= 0.6 is 34.8 Å². The zero-order valence-corrected chi connectivity index (χ0v) is 19.6. The molecule has 6 nitrogen and oxygen atoms in total. The van der Waals surface area contributed by atoms with Crippen molar-refractivity contribution in [3.8, 4) is 5.69 Å². The summed E-state index contributed by atoms with van der Waals surface area (Å²) in [6.45, 7) is -0.0437. The SMILES string of the molecule is NC(Cn1c(=O)c(Cc2c(Cl)cccc2Cl)nn(-c2ccccc2Cl)c1=O)c1ccccc1. The summed E-state index contributed by atoms with van der Waals surface area (Å²) in [4.78, 5) is 26.7. The van der Waals surface area contributed by atoms with Gasteiger partial charge in [-0.25, -0.2) is 4.79 Å². The smallest absolute Gasteiger partial charge is 0.322 e. The maximum Gasteiger partial charge on any atom is 0.352 e. The van der Waals surface area contributed by atoms with Crippen molar-refractivity contribution in [2.24, 2.45) is 5.73 Å². The molecule has 0 aliphatic heterocycles. The van der Waals surface area contributed by atoms with Crippen molar-refractivity contribution in [2.75, 3.05) is 0 Å². The molecule has 0 aliphatic rings. The van der Waals surface area contributed by atoms with Gasteiger partial charge in [0.05, 0.1) is 17.3 Å². The fraction of sp³-hybridized carbons (Fsp3) is 0.125. The van der Waals surface area contributed by atoms with Crippen LogP contribution < -0.4 is 17.0 Å². The lowest BCUT2D eigenvalue weighted by Gasteiger charge is -2.17. The lowest BCUT2D eigenvalue weighted by molar-refractivity contribution is 0.503. The summed E-state index contributed by atoms with van der Waals surface area (Å²) in [5.74, 6) is 0. The van der Waals surface area contributed by atoms with E-state index in [1.807, 2.05) is 30.3 Å². The Labute approximate surface area is 204 Å². The van der Waals surface area contributed by atoms with Crippen LogP contribution in [0.5, 0.6) is 0 Å². The summed E-state index contributed by atoms with van der Waals surface area (Å²) in [6, 6.07) is 20.5. The first-order valence-electron chi connectivity index (χ1n) is 10.1. The molecule has 33 heavy (non-hydrogen) atoms. The Morgan fingerprint density at radius 1 is 0.818 bits per heavy atom. The first-order chi connectivity index (χ1) is 15.9. The van der Waals surface area contributed by atoms with E-state index >= 15 is 0 Å². The first-order valence-corrected chi connectivity index (χ1v) is 11.2. The fourth-order valence-electron chi connectivity index (χ4n) is 3.49. The second kappa shape index (κ2) is 9.93. The molecule has 0 spiro atoms. The van der Waals surface area contributed by atoms with Crippen molar-refractivity contribution in [1.29, 1.82) is 0 Å². The second-order valence-electron chi connectivity index (χ2n) is 7.40. The summed E-state index contributed by atoms with van der Waals surface area (Å²) in [5, 5.41) is 5.45. The molecule has 1 aromatic heterocycles. The number of benzene rings is 3. The summed E-state index contributed by atoms with van der Waals surface area (Å²) < 4.78 is 2.19. The number of hydrogen-bond acceptors (Lipinski definition) is 4. The first kappa shape index (κ1) is 23.3. The molecule has 3 aromatic carbocycles. The van der Waals surface area contributed by atoms with E-state index in [2.05, 4.69) is 5.10 Å².